The number of halogens is 1. The number of hydrogen-bond acceptors (Lipinski definition) is 4. The van der Waals surface area contributed by atoms with Gasteiger partial charge in [0.2, 0.25) is 11.8 Å². The minimum atomic E-state index is -0.717. The first-order chi connectivity index (χ1) is 12.9. The van der Waals surface area contributed by atoms with Gasteiger partial charge >= 0.3 is 0 Å². The first kappa shape index (κ1) is 19.3. The number of nitrogens with two attached hydrogens (primary N) is 1. The topological polar surface area (TPSA) is 88.3 Å². The van der Waals surface area contributed by atoms with Crippen LogP contribution in [0.4, 0.5) is 5.82 Å². The van der Waals surface area contributed by atoms with Crippen LogP contribution in [0.25, 0.3) is 0 Å². The Morgan fingerprint density at radius 3 is 2.67 bits per heavy atom. The quantitative estimate of drug-likeness (QED) is 0.845. The van der Waals surface area contributed by atoms with Crippen molar-refractivity contribution in [3.8, 4) is 0 Å². The van der Waals surface area contributed by atoms with E-state index in [0.29, 0.717) is 23.9 Å². The zero-order valence-electron chi connectivity index (χ0n) is 15.2. The molecule has 2 aromatic rings. The Morgan fingerprint density at radius 1 is 1.26 bits per heavy atom. The Hall–Kier alpha value is -2.44. The molecule has 0 radical (unpaired) electrons. The molecule has 2 heterocycles. The highest BCUT2D eigenvalue weighted by Crippen LogP contribution is 2.22. The predicted molar refractivity (Wildman–Crippen MR) is 105 cm³/mol. The molecule has 3 N–H and O–H groups in total. The van der Waals surface area contributed by atoms with Crippen molar-refractivity contribution in [1.82, 2.24) is 9.88 Å². The normalized spacial score (nSPS) is 18.0. The number of carbonyl (C=O) groups excluding carboxylic acids is 2. The lowest BCUT2D eigenvalue weighted by Gasteiger charge is -2.33. The summed E-state index contributed by atoms with van der Waals surface area (Å²) < 4.78 is 0. The fourth-order valence-electron chi connectivity index (χ4n) is 3.18. The number of anilines is 1. The molecule has 0 spiro atoms. The first-order valence-corrected chi connectivity index (χ1v) is 9.35. The number of likely N-dealkylation sites (tertiary alicyclic amines) is 1. The summed E-state index contributed by atoms with van der Waals surface area (Å²) in [6.45, 7) is 2.96. The van der Waals surface area contributed by atoms with Gasteiger partial charge in [-0.25, -0.2) is 4.98 Å². The predicted octanol–water partition coefficient (Wildman–Crippen LogP) is 2.92. The van der Waals surface area contributed by atoms with E-state index in [0.717, 1.165) is 24.0 Å². The summed E-state index contributed by atoms with van der Waals surface area (Å²) in [6.07, 6.45) is 2.97. The summed E-state index contributed by atoms with van der Waals surface area (Å²) in [6, 6.07) is 10.2. The van der Waals surface area contributed by atoms with E-state index in [9.17, 15) is 9.59 Å². The molecule has 3 rings (SSSR count). The zero-order chi connectivity index (χ0) is 19.4. The molecule has 0 aliphatic carbocycles. The molecule has 0 saturated carbocycles. The largest absolute Gasteiger partial charge is 0.340 e. The van der Waals surface area contributed by atoms with Crippen LogP contribution < -0.4 is 11.1 Å². The van der Waals surface area contributed by atoms with E-state index >= 15 is 0 Å². The van der Waals surface area contributed by atoms with Crippen LogP contribution in [0, 0.1) is 12.8 Å². The SMILES string of the molecule is Cc1ccc(C(N)C(=O)N2CCCC(C(=O)Nc3ccc(Cl)cn3)C2)cc1. The van der Waals surface area contributed by atoms with Crippen LogP contribution >= 0.6 is 11.6 Å². The molecule has 142 valence electrons. The summed E-state index contributed by atoms with van der Waals surface area (Å²) in [4.78, 5) is 31.1. The molecular formula is C20H23ClN4O2. The molecule has 1 saturated heterocycles. The van der Waals surface area contributed by atoms with Gasteiger partial charge in [-0.1, -0.05) is 41.4 Å². The van der Waals surface area contributed by atoms with Crippen LogP contribution in [0.3, 0.4) is 0 Å². The number of amides is 2. The molecular weight excluding hydrogens is 364 g/mol. The Morgan fingerprint density at radius 2 is 2.00 bits per heavy atom. The highest BCUT2D eigenvalue weighted by atomic mass is 35.5. The Balaban J connectivity index is 1.62. The third kappa shape index (κ3) is 4.84. The molecule has 1 fully saturated rings. The second-order valence-corrected chi connectivity index (χ2v) is 7.30. The van der Waals surface area contributed by atoms with E-state index in [2.05, 4.69) is 10.3 Å². The van der Waals surface area contributed by atoms with Crippen molar-refractivity contribution in [3.05, 3.63) is 58.7 Å². The third-order valence-corrected chi connectivity index (χ3v) is 5.01. The van der Waals surface area contributed by atoms with Gasteiger partial charge in [0.1, 0.15) is 11.9 Å². The van der Waals surface area contributed by atoms with Crippen molar-refractivity contribution in [3.63, 3.8) is 0 Å². The molecule has 2 atom stereocenters. The van der Waals surface area contributed by atoms with Gasteiger partial charge in [0.25, 0.3) is 0 Å². The minimum Gasteiger partial charge on any atom is -0.340 e. The molecule has 1 aliphatic heterocycles. The van der Waals surface area contributed by atoms with Crippen LogP contribution in [0.15, 0.2) is 42.6 Å². The van der Waals surface area contributed by atoms with Crippen LogP contribution in [-0.2, 0) is 9.59 Å². The molecule has 7 heteroatoms. The molecule has 2 amide bonds. The third-order valence-electron chi connectivity index (χ3n) is 4.79. The standard InChI is InChI=1S/C20H23ClN4O2/c1-13-4-6-14(7-5-13)18(22)20(27)25-10-2-3-15(12-25)19(26)24-17-9-8-16(21)11-23-17/h4-9,11,15,18H,2-3,10,12,22H2,1H3,(H,23,24,26). The summed E-state index contributed by atoms with van der Waals surface area (Å²) in [7, 11) is 0. The van der Waals surface area contributed by atoms with E-state index < -0.39 is 6.04 Å². The molecule has 1 aliphatic rings. The number of rotatable bonds is 4. The Kier molecular flexibility index (Phi) is 6.08. The molecule has 1 aromatic carbocycles. The van der Waals surface area contributed by atoms with Crippen LogP contribution in [-0.4, -0.2) is 34.8 Å². The maximum Gasteiger partial charge on any atom is 0.244 e. The summed E-state index contributed by atoms with van der Waals surface area (Å²) in [5.41, 5.74) is 8.06. The lowest BCUT2D eigenvalue weighted by atomic mass is 9.95. The minimum absolute atomic E-state index is 0.147. The molecule has 6 nitrogen and oxygen atoms in total. The number of benzene rings is 1. The van der Waals surface area contributed by atoms with Gasteiger partial charge in [0.15, 0.2) is 0 Å². The van der Waals surface area contributed by atoms with Gasteiger partial charge < -0.3 is 16.0 Å². The molecule has 1 aromatic heterocycles. The van der Waals surface area contributed by atoms with Crippen molar-refractivity contribution in [2.75, 3.05) is 18.4 Å². The fourth-order valence-corrected chi connectivity index (χ4v) is 3.29. The summed E-state index contributed by atoms with van der Waals surface area (Å²) in [5, 5.41) is 3.29. The Labute approximate surface area is 163 Å². The van der Waals surface area contributed by atoms with Crippen LogP contribution in [0.2, 0.25) is 5.02 Å². The number of piperidine rings is 1. The molecule has 0 bridgehead atoms. The van der Waals surface area contributed by atoms with Gasteiger partial charge in [0, 0.05) is 19.3 Å². The maximum atomic E-state index is 12.8. The lowest BCUT2D eigenvalue weighted by Crippen LogP contribution is -2.47. The van der Waals surface area contributed by atoms with Crippen LogP contribution in [0.1, 0.15) is 30.0 Å². The molecule has 2 unspecified atom stereocenters. The Bertz CT molecular complexity index is 808. The van der Waals surface area contributed by atoms with Gasteiger partial charge in [-0.2, -0.15) is 0 Å². The summed E-state index contributed by atoms with van der Waals surface area (Å²) in [5.74, 6) is -0.137. The van der Waals surface area contributed by atoms with E-state index in [1.165, 1.54) is 6.20 Å². The number of nitrogens with one attached hydrogen (secondary N) is 1. The van der Waals surface area contributed by atoms with Gasteiger partial charge in [-0.3, -0.25) is 9.59 Å². The highest BCUT2D eigenvalue weighted by Gasteiger charge is 2.31. The van der Waals surface area contributed by atoms with Crippen molar-refractivity contribution >= 4 is 29.2 Å². The van der Waals surface area contributed by atoms with Crippen molar-refractivity contribution in [2.24, 2.45) is 11.7 Å². The number of carbonyl (C=O) groups is 2. The first-order valence-electron chi connectivity index (χ1n) is 8.97. The number of nitrogens with zero attached hydrogens (tertiary/aromatic N) is 2. The average Bonchev–Trinajstić information content (AvgIpc) is 2.69. The number of hydrogen-bond donors (Lipinski definition) is 2. The zero-order valence-corrected chi connectivity index (χ0v) is 15.9. The lowest BCUT2D eigenvalue weighted by molar-refractivity contribution is -0.136. The van der Waals surface area contributed by atoms with Crippen LogP contribution in [0.5, 0.6) is 0 Å². The fraction of sp³-hybridized carbons (Fsp3) is 0.350. The number of pyridine rings is 1. The highest BCUT2D eigenvalue weighted by molar-refractivity contribution is 6.30. The van der Waals surface area contributed by atoms with Crippen molar-refractivity contribution in [2.45, 2.75) is 25.8 Å². The van der Waals surface area contributed by atoms with E-state index in [1.807, 2.05) is 31.2 Å². The van der Waals surface area contributed by atoms with Crippen molar-refractivity contribution in [1.29, 1.82) is 0 Å². The summed E-state index contributed by atoms with van der Waals surface area (Å²) >= 11 is 5.81. The van der Waals surface area contributed by atoms with Gasteiger partial charge in [-0.15, -0.1) is 0 Å². The van der Waals surface area contributed by atoms with Gasteiger partial charge in [0.05, 0.1) is 10.9 Å². The molecule has 27 heavy (non-hydrogen) atoms. The number of aryl methyl sites for hydroxylation is 1. The van der Waals surface area contributed by atoms with Gasteiger partial charge in [-0.05, 0) is 37.5 Å². The monoisotopic (exact) mass is 386 g/mol. The maximum absolute atomic E-state index is 12.8. The van der Waals surface area contributed by atoms with E-state index in [1.54, 1.807) is 17.0 Å². The van der Waals surface area contributed by atoms with E-state index in [-0.39, 0.29) is 17.7 Å². The average molecular weight is 387 g/mol. The van der Waals surface area contributed by atoms with Crippen molar-refractivity contribution < 1.29 is 9.59 Å². The second kappa shape index (κ2) is 8.50. The second-order valence-electron chi connectivity index (χ2n) is 6.86. The van der Waals surface area contributed by atoms with E-state index in [4.69, 9.17) is 17.3 Å². The smallest absolute Gasteiger partial charge is 0.244 e. The number of aromatic nitrogens is 1.